The lowest BCUT2D eigenvalue weighted by Gasteiger charge is -2.36. The van der Waals surface area contributed by atoms with Crippen molar-refractivity contribution in [2.45, 2.75) is 175 Å². The zero-order valence-corrected chi connectivity index (χ0v) is 45.4. The zero-order valence-electron chi connectivity index (χ0n) is 45.4. The van der Waals surface area contributed by atoms with Crippen molar-refractivity contribution in [1.29, 1.82) is 0 Å². The molecule has 0 spiro atoms. The van der Waals surface area contributed by atoms with Gasteiger partial charge in [-0.25, -0.2) is 9.86 Å². The number of aromatic carboxylic acids is 1. The molecule has 1 saturated carbocycles. The molecule has 11 atom stereocenters. The Labute approximate surface area is 430 Å². The molecular weight excluding hydrogens is 913 g/mol. The average Bonchev–Trinajstić information content (AvgIpc) is 3.91. The summed E-state index contributed by atoms with van der Waals surface area (Å²) in [5.41, 5.74) is 1.64. The summed E-state index contributed by atoms with van der Waals surface area (Å²) in [6, 6.07) is 15.3. The SMILES string of the molecule is CCC(C)C(CCC(C)C(=O)C(NC(=O)C(C(C)C)N(C)Cc1ccc(C(=O)O)cc1)C(C)C)C(CC(=O)N1CCCC1C(OC)C(C)C(=O)CCCC1(C(=O)N2CCCCO2)CC1c1ccccc1)OC. The molecule has 2 heterocycles. The molecule has 72 heavy (non-hydrogen) atoms. The average molecular weight is 1000 g/mol. The highest BCUT2D eigenvalue weighted by atomic mass is 16.7. The van der Waals surface area contributed by atoms with Crippen molar-refractivity contribution in [2.75, 3.05) is 41.0 Å². The Balaban J connectivity index is 1.18. The van der Waals surface area contributed by atoms with Crippen molar-refractivity contribution >= 4 is 35.3 Å². The molecule has 14 nitrogen and oxygen atoms in total. The van der Waals surface area contributed by atoms with Gasteiger partial charge in [0.25, 0.3) is 5.91 Å². The minimum atomic E-state index is -0.996. The van der Waals surface area contributed by atoms with Gasteiger partial charge in [-0.1, -0.05) is 104 Å². The first kappa shape index (κ1) is 58.4. The third-order valence-corrected chi connectivity index (χ3v) is 16.5. The van der Waals surface area contributed by atoms with Gasteiger partial charge in [-0.05, 0) is 118 Å². The predicted octanol–water partition coefficient (Wildman–Crippen LogP) is 9.14. The number of likely N-dealkylation sites (N-methyl/N-ethyl adjacent to an activating group) is 1. The quantitative estimate of drug-likeness (QED) is 0.0796. The molecule has 1 aliphatic carbocycles. The van der Waals surface area contributed by atoms with Gasteiger partial charge in [0.15, 0.2) is 5.78 Å². The lowest BCUT2D eigenvalue weighted by molar-refractivity contribution is -0.203. The van der Waals surface area contributed by atoms with E-state index in [0.717, 1.165) is 49.7 Å². The first-order valence-electron chi connectivity index (χ1n) is 27.0. The summed E-state index contributed by atoms with van der Waals surface area (Å²) < 4.78 is 12.3. The largest absolute Gasteiger partial charge is 0.478 e. The topological polar surface area (TPSA) is 172 Å². The Morgan fingerprint density at radius 1 is 0.875 bits per heavy atom. The van der Waals surface area contributed by atoms with E-state index in [9.17, 15) is 33.9 Å². The molecule has 400 valence electrons. The molecule has 2 saturated heterocycles. The number of rotatable bonds is 29. The highest BCUT2D eigenvalue weighted by Gasteiger charge is 2.61. The van der Waals surface area contributed by atoms with Crippen LogP contribution in [0.25, 0.3) is 0 Å². The Kier molecular flexibility index (Phi) is 22.0. The summed E-state index contributed by atoms with van der Waals surface area (Å²) >= 11 is 0. The van der Waals surface area contributed by atoms with E-state index in [1.807, 2.05) is 76.6 Å². The van der Waals surface area contributed by atoms with E-state index in [0.29, 0.717) is 58.3 Å². The van der Waals surface area contributed by atoms with Crippen molar-refractivity contribution in [2.24, 2.45) is 40.9 Å². The van der Waals surface area contributed by atoms with Crippen molar-refractivity contribution in [3.8, 4) is 0 Å². The Hall–Kier alpha value is -4.50. The maximum atomic E-state index is 14.4. The molecule has 2 aromatic rings. The third kappa shape index (κ3) is 14.6. The Morgan fingerprint density at radius 2 is 1.57 bits per heavy atom. The molecule has 0 aromatic heterocycles. The van der Waals surface area contributed by atoms with Crippen LogP contribution in [0.2, 0.25) is 0 Å². The molecule has 3 amide bonds. The van der Waals surface area contributed by atoms with Crippen molar-refractivity contribution < 1.29 is 48.2 Å². The smallest absolute Gasteiger partial charge is 0.335 e. The molecule has 2 aromatic carbocycles. The van der Waals surface area contributed by atoms with Crippen LogP contribution >= 0.6 is 0 Å². The number of nitrogens with zero attached hydrogens (tertiary/aromatic N) is 3. The fraction of sp³-hybridized carbons (Fsp3) is 0.690. The van der Waals surface area contributed by atoms with E-state index in [1.54, 1.807) is 43.5 Å². The van der Waals surface area contributed by atoms with Gasteiger partial charge in [0.1, 0.15) is 5.78 Å². The summed E-state index contributed by atoms with van der Waals surface area (Å²) in [5.74, 6) is -1.95. The second-order valence-electron chi connectivity index (χ2n) is 22.1. The molecule has 5 rings (SSSR count). The normalized spacial score (nSPS) is 22.5. The van der Waals surface area contributed by atoms with E-state index in [4.69, 9.17) is 14.3 Å². The van der Waals surface area contributed by atoms with Gasteiger partial charge in [-0.3, -0.25) is 33.7 Å². The third-order valence-electron chi connectivity index (χ3n) is 16.5. The Bertz CT molecular complexity index is 2090. The number of ether oxygens (including phenoxy) is 2. The fourth-order valence-electron chi connectivity index (χ4n) is 11.9. The lowest BCUT2D eigenvalue weighted by atomic mass is 9.79. The number of amides is 3. The van der Waals surface area contributed by atoms with Crippen LogP contribution in [0.1, 0.15) is 160 Å². The van der Waals surface area contributed by atoms with Crippen LogP contribution in [0.3, 0.4) is 0 Å². The molecule has 0 bridgehead atoms. The van der Waals surface area contributed by atoms with Crippen molar-refractivity contribution in [3.05, 3.63) is 71.3 Å². The van der Waals surface area contributed by atoms with Gasteiger partial charge >= 0.3 is 5.97 Å². The number of benzene rings is 2. The van der Waals surface area contributed by atoms with E-state index >= 15 is 0 Å². The first-order chi connectivity index (χ1) is 34.3. The fourth-order valence-corrected chi connectivity index (χ4v) is 11.9. The van der Waals surface area contributed by atoms with Gasteiger partial charge in [0.05, 0.1) is 54.3 Å². The van der Waals surface area contributed by atoms with Crippen LogP contribution in [-0.2, 0) is 44.8 Å². The molecule has 3 fully saturated rings. The number of carboxylic acids is 1. The van der Waals surface area contributed by atoms with Gasteiger partial charge < -0.3 is 24.8 Å². The number of nitrogens with one attached hydrogen (secondary N) is 1. The molecule has 14 heteroatoms. The number of carbonyl (C=O) groups excluding carboxylic acids is 5. The summed E-state index contributed by atoms with van der Waals surface area (Å²) in [6.45, 7) is 18.1. The number of carbonyl (C=O) groups is 6. The minimum Gasteiger partial charge on any atom is -0.478 e. The van der Waals surface area contributed by atoms with Crippen LogP contribution < -0.4 is 5.32 Å². The number of hydroxylamine groups is 2. The number of hydrogen-bond acceptors (Lipinski definition) is 10. The standard InChI is InChI=1S/C58H88N4O10/c1-12-39(6)45(29-24-40(7)53(65)51(37(2)3)59-55(66)52(38(4)5)60(9)36-42-25-27-44(28-26-42)56(67)68)49(70-10)34-50(64)61-31-19-22-47(61)54(71-11)41(8)48(63)23-18-30-58(57(69)62-32-16-17-33-72-62)35-46(58)43-20-14-13-15-21-43/h13-15,20-21,25-28,37-41,45-47,49,51-52,54H,12,16-19,22-24,29-36H2,1-11H3,(H,59,66)(H,67,68). The number of methoxy groups -OCH3 is 2. The van der Waals surface area contributed by atoms with Gasteiger partial charge in [0, 0.05) is 52.1 Å². The van der Waals surface area contributed by atoms with Crippen molar-refractivity contribution in [1.82, 2.24) is 20.2 Å². The molecule has 2 aliphatic heterocycles. The summed E-state index contributed by atoms with van der Waals surface area (Å²) in [6.07, 6.45) is 6.99. The maximum absolute atomic E-state index is 14.4. The van der Waals surface area contributed by atoms with Gasteiger partial charge in [-0.2, -0.15) is 0 Å². The number of likely N-dealkylation sites (tertiary alicyclic amines) is 1. The minimum absolute atomic E-state index is 0.0146. The van der Waals surface area contributed by atoms with E-state index in [2.05, 4.69) is 31.3 Å². The number of Topliss-reactive ketones (excluding diaryl/α,β-unsaturated/α-hetero) is 2. The predicted molar refractivity (Wildman–Crippen MR) is 279 cm³/mol. The Morgan fingerprint density at radius 3 is 2.15 bits per heavy atom. The second kappa shape index (κ2) is 27.2. The molecule has 2 N–H and O–H groups in total. The molecule has 3 aliphatic rings. The first-order valence-corrected chi connectivity index (χ1v) is 27.0. The van der Waals surface area contributed by atoms with Crippen LogP contribution in [0, 0.1) is 40.9 Å². The van der Waals surface area contributed by atoms with Crippen LogP contribution in [0.5, 0.6) is 0 Å². The molecular formula is C58H88N4O10. The molecule has 11 unspecified atom stereocenters. The van der Waals surface area contributed by atoms with Gasteiger partial charge in [-0.15, -0.1) is 0 Å². The van der Waals surface area contributed by atoms with Crippen LogP contribution in [0.4, 0.5) is 0 Å². The van der Waals surface area contributed by atoms with Crippen LogP contribution in [-0.4, -0.2) is 127 Å². The van der Waals surface area contributed by atoms with Crippen molar-refractivity contribution in [3.63, 3.8) is 0 Å². The van der Waals surface area contributed by atoms with E-state index in [1.165, 1.54) is 0 Å². The lowest BCUT2D eigenvalue weighted by Crippen LogP contribution is -2.54. The zero-order chi connectivity index (χ0) is 52.9. The molecule has 0 radical (unpaired) electrons. The van der Waals surface area contributed by atoms with E-state index < -0.39 is 41.6 Å². The van der Waals surface area contributed by atoms with E-state index in [-0.39, 0.29) is 82.8 Å². The summed E-state index contributed by atoms with van der Waals surface area (Å²) in [7, 11) is 5.14. The second-order valence-corrected chi connectivity index (χ2v) is 22.1. The number of hydrogen-bond donors (Lipinski definition) is 2. The monoisotopic (exact) mass is 1000 g/mol. The van der Waals surface area contributed by atoms with Gasteiger partial charge in [0.2, 0.25) is 11.8 Å². The summed E-state index contributed by atoms with van der Waals surface area (Å²) in [5, 5.41) is 14.0. The highest BCUT2D eigenvalue weighted by molar-refractivity contribution is 5.92. The maximum Gasteiger partial charge on any atom is 0.335 e. The highest BCUT2D eigenvalue weighted by Crippen LogP contribution is 2.63. The number of ketones is 2. The van der Waals surface area contributed by atoms with Crippen LogP contribution in [0.15, 0.2) is 54.6 Å². The summed E-state index contributed by atoms with van der Waals surface area (Å²) in [4.78, 5) is 91.8. The number of carboxylic acid groups (broad SMARTS) is 1.